The lowest BCUT2D eigenvalue weighted by atomic mass is 9.90. The molecule has 1 aliphatic rings. The van der Waals surface area contributed by atoms with E-state index in [4.69, 9.17) is 5.73 Å². The van der Waals surface area contributed by atoms with Crippen molar-refractivity contribution in [3.8, 4) is 0 Å². The zero-order chi connectivity index (χ0) is 13.3. The molecule has 1 fully saturated rings. The minimum absolute atomic E-state index is 0.342. The summed E-state index contributed by atoms with van der Waals surface area (Å²) in [6, 6.07) is 0.847. The van der Waals surface area contributed by atoms with Crippen molar-refractivity contribution in [1.29, 1.82) is 0 Å². The first-order valence-electron chi connectivity index (χ1n) is 6.92. The summed E-state index contributed by atoms with van der Waals surface area (Å²) in [5.74, 6) is 0.706. The van der Waals surface area contributed by atoms with E-state index in [2.05, 4.69) is 37.6 Å². The third kappa shape index (κ3) is 2.92. The molecule has 2 unspecified atom stereocenters. The zero-order valence-electron chi connectivity index (χ0n) is 11.9. The number of hydrogen-bond donors (Lipinski definition) is 1. The molecule has 0 spiro atoms. The monoisotopic (exact) mass is 267 g/mol. The van der Waals surface area contributed by atoms with Gasteiger partial charge in [-0.05, 0) is 59.5 Å². The van der Waals surface area contributed by atoms with Gasteiger partial charge in [0.15, 0.2) is 0 Å². The van der Waals surface area contributed by atoms with Gasteiger partial charge in [0.2, 0.25) is 0 Å². The van der Waals surface area contributed by atoms with Crippen LogP contribution in [-0.4, -0.2) is 29.0 Å². The third-order valence-corrected chi connectivity index (χ3v) is 5.43. The molecule has 0 aliphatic carbocycles. The molecule has 1 aromatic rings. The molecule has 18 heavy (non-hydrogen) atoms. The molecule has 3 nitrogen and oxygen atoms in total. The highest BCUT2D eigenvalue weighted by Gasteiger charge is 2.26. The van der Waals surface area contributed by atoms with Crippen molar-refractivity contribution in [3.63, 3.8) is 0 Å². The van der Waals surface area contributed by atoms with Gasteiger partial charge in [-0.25, -0.2) is 4.98 Å². The molecule has 0 amide bonds. The fourth-order valence-corrected chi connectivity index (χ4v) is 3.95. The Morgan fingerprint density at radius 1 is 1.28 bits per heavy atom. The first kappa shape index (κ1) is 14.0. The molecular weight excluding hydrogens is 242 g/mol. The molecule has 2 heterocycles. The van der Waals surface area contributed by atoms with Crippen LogP contribution in [0.2, 0.25) is 0 Å². The van der Waals surface area contributed by atoms with E-state index < -0.39 is 0 Å². The minimum atomic E-state index is 0.342. The second kappa shape index (κ2) is 5.68. The molecule has 2 rings (SSSR count). The van der Waals surface area contributed by atoms with Crippen LogP contribution in [-0.2, 0) is 0 Å². The van der Waals surface area contributed by atoms with Gasteiger partial charge in [-0.1, -0.05) is 0 Å². The molecule has 0 aromatic carbocycles. The number of likely N-dealkylation sites (tertiary alicyclic amines) is 1. The van der Waals surface area contributed by atoms with E-state index in [1.54, 1.807) is 0 Å². The van der Waals surface area contributed by atoms with Crippen LogP contribution in [0.5, 0.6) is 0 Å². The van der Waals surface area contributed by atoms with Crippen LogP contribution >= 0.6 is 11.3 Å². The first-order chi connectivity index (χ1) is 8.49. The van der Waals surface area contributed by atoms with Gasteiger partial charge in [0.25, 0.3) is 0 Å². The van der Waals surface area contributed by atoms with Gasteiger partial charge in [-0.2, -0.15) is 0 Å². The molecule has 2 N–H and O–H groups in total. The Morgan fingerprint density at radius 2 is 1.89 bits per heavy atom. The smallest absolute Gasteiger partial charge is 0.0900 e. The highest BCUT2D eigenvalue weighted by molar-refractivity contribution is 7.11. The molecule has 1 aliphatic heterocycles. The van der Waals surface area contributed by atoms with Crippen LogP contribution in [0, 0.1) is 19.8 Å². The number of nitrogens with two attached hydrogens (primary N) is 1. The molecular formula is C14H25N3S. The van der Waals surface area contributed by atoms with Crippen LogP contribution in [0.25, 0.3) is 0 Å². The normalized spacial score (nSPS) is 22.1. The fourth-order valence-electron chi connectivity index (χ4n) is 2.93. The number of aryl methyl sites for hydroxylation is 2. The quantitative estimate of drug-likeness (QED) is 0.915. The Labute approximate surface area is 114 Å². The van der Waals surface area contributed by atoms with E-state index in [1.165, 1.54) is 41.5 Å². The third-order valence-electron chi connectivity index (χ3n) is 4.18. The number of rotatable bonds is 3. The highest BCUT2D eigenvalue weighted by Crippen LogP contribution is 2.32. The van der Waals surface area contributed by atoms with Gasteiger partial charge in [0.1, 0.15) is 0 Å². The van der Waals surface area contributed by atoms with Gasteiger partial charge in [0.05, 0.1) is 10.7 Å². The number of thiazole rings is 1. The Morgan fingerprint density at radius 3 is 2.33 bits per heavy atom. The van der Waals surface area contributed by atoms with Gasteiger partial charge in [-0.3, -0.25) is 4.90 Å². The van der Waals surface area contributed by atoms with Crippen molar-refractivity contribution >= 4 is 11.3 Å². The molecule has 2 atom stereocenters. The number of aromatic nitrogens is 1. The van der Waals surface area contributed by atoms with E-state index in [-0.39, 0.29) is 0 Å². The number of nitrogens with zero attached hydrogens (tertiary/aromatic N) is 2. The van der Waals surface area contributed by atoms with Crippen LogP contribution in [0.15, 0.2) is 0 Å². The Kier molecular flexibility index (Phi) is 4.41. The second-order valence-electron chi connectivity index (χ2n) is 5.59. The summed E-state index contributed by atoms with van der Waals surface area (Å²) < 4.78 is 0. The van der Waals surface area contributed by atoms with E-state index in [0.717, 1.165) is 0 Å². The topological polar surface area (TPSA) is 42.2 Å². The number of hydrogen-bond acceptors (Lipinski definition) is 4. The van der Waals surface area contributed by atoms with E-state index in [0.29, 0.717) is 18.0 Å². The second-order valence-corrected chi connectivity index (χ2v) is 6.83. The van der Waals surface area contributed by atoms with Gasteiger partial charge < -0.3 is 5.73 Å². The van der Waals surface area contributed by atoms with Crippen molar-refractivity contribution in [2.24, 2.45) is 11.7 Å². The van der Waals surface area contributed by atoms with Gasteiger partial charge in [0, 0.05) is 17.0 Å². The predicted octanol–water partition coefficient (Wildman–Crippen LogP) is 2.88. The Bertz CT molecular complexity index is 392. The summed E-state index contributed by atoms with van der Waals surface area (Å²) in [5.41, 5.74) is 7.21. The first-order valence-corrected chi connectivity index (χ1v) is 7.74. The lowest BCUT2D eigenvalue weighted by molar-refractivity contribution is 0.134. The highest BCUT2D eigenvalue weighted by atomic mass is 32.1. The van der Waals surface area contributed by atoms with Crippen LogP contribution < -0.4 is 5.73 Å². The molecule has 0 saturated carbocycles. The predicted molar refractivity (Wildman–Crippen MR) is 77.9 cm³/mol. The molecule has 0 bridgehead atoms. The fraction of sp³-hybridized carbons (Fsp3) is 0.786. The summed E-state index contributed by atoms with van der Waals surface area (Å²) >= 11 is 1.85. The SMILES string of the molecule is Cc1nc(C)c(C(C)N2CCC(C(C)N)CC2)s1. The van der Waals surface area contributed by atoms with E-state index in [9.17, 15) is 0 Å². The average Bonchev–Trinajstić information content (AvgIpc) is 2.67. The molecule has 4 heteroatoms. The van der Waals surface area contributed by atoms with Crippen LogP contribution in [0.3, 0.4) is 0 Å². The summed E-state index contributed by atoms with van der Waals surface area (Å²) in [5, 5.41) is 1.18. The van der Waals surface area contributed by atoms with Crippen molar-refractivity contribution in [3.05, 3.63) is 15.6 Å². The Balaban J connectivity index is 1.99. The van der Waals surface area contributed by atoms with Crippen molar-refractivity contribution in [2.75, 3.05) is 13.1 Å². The summed E-state index contributed by atoms with van der Waals surface area (Å²) in [6.07, 6.45) is 2.47. The summed E-state index contributed by atoms with van der Waals surface area (Å²) in [6.45, 7) is 11.0. The maximum Gasteiger partial charge on any atom is 0.0900 e. The standard InChI is InChI=1S/C14H25N3S/c1-9(15)13-5-7-17(8-6-13)11(3)14-10(2)16-12(4)18-14/h9,11,13H,5-8,15H2,1-4H3. The lowest BCUT2D eigenvalue weighted by Crippen LogP contribution is -2.40. The maximum absolute atomic E-state index is 6.00. The van der Waals surface area contributed by atoms with E-state index >= 15 is 0 Å². The van der Waals surface area contributed by atoms with Crippen molar-refractivity contribution in [2.45, 2.75) is 52.6 Å². The summed E-state index contributed by atoms with van der Waals surface area (Å²) in [7, 11) is 0. The summed E-state index contributed by atoms with van der Waals surface area (Å²) in [4.78, 5) is 8.56. The lowest BCUT2D eigenvalue weighted by Gasteiger charge is -2.37. The largest absolute Gasteiger partial charge is 0.328 e. The van der Waals surface area contributed by atoms with Crippen LogP contribution in [0.1, 0.15) is 48.3 Å². The Hall–Kier alpha value is -0.450. The molecule has 102 valence electrons. The van der Waals surface area contributed by atoms with Crippen LogP contribution in [0.4, 0.5) is 0 Å². The van der Waals surface area contributed by atoms with Gasteiger partial charge >= 0.3 is 0 Å². The minimum Gasteiger partial charge on any atom is -0.328 e. The van der Waals surface area contributed by atoms with Crippen molar-refractivity contribution < 1.29 is 0 Å². The maximum atomic E-state index is 6.00. The van der Waals surface area contributed by atoms with E-state index in [1.807, 2.05) is 11.3 Å². The average molecular weight is 267 g/mol. The molecule has 1 saturated heterocycles. The zero-order valence-corrected chi connectivity index (χ0v) is 12.8. The number of piperidine rings is 1. The van der Waals surface area contributed by atoms with Crippen molar-refractivity contribution in [1.82, 2.24) is 9.88 Å². The van der Waals surface area contributed by atoms with Gasteiger partial charge in [-0.15, -0.1) is 11.3 Å². The molecule has 0 radical (unpaired) electrons. The molecule has 1 aromatic heterocycles.